The van der Waals surface area contributed by atoms with Crippen LogP contribution in [-0.4, -0.2) is 68.3 Å². The monoisotopic (exact) mass is 357 g/mol. The molecule has 2 aliphatic rings. The topological polar surface area (TPSA) is 57.2 Å². The van der Waals surface area contributed by atoms with Gasteiger partial charge in [0, 0.05) is 19.8 Å². The fourth-order valence-electron chi connectivity index (χ4n) is 3.44. The molecule has 0 spiro atoms. The zero-order valence-electron chi connectivity index (χ0n) is 16.1. The Hall–Kier alpha value is -0.850. The molecule has 6 nitrogen and oxygen atoms in total. The number of hydrogen-bond acceptors (Lipinski definition) is 5. The Morgan fingerprint density at radius 1 is 0.960 bits per heavy atom. The van der Waals surface area contributed by atoms with Crippen molar-refractivity contribution in [2.75, 3.05) is 33.0 Å². The average Bonchev–Trinajstić information content (AvgIpc) is 3.12. The van der Waals surface area contributed by atoms with E-state index in [9.17, 15) is 4.79 Å². The molecule has 1 unspecified atom stereocenters. The third-order valence-corrected chi connectivity index (χ3v) is 4.93. The van der Waals surface area contributed by atoms with Gasteiger partial charge in [0.2, 0.25) is 0 Å². The molecule has 2 heterocycles. The first kappa shape index (κ1) is 20.5. The van der Waals surface area contributed by atoms with Crippen LogP contribution in [0.15, 0.2) is 0 Å². The Bertz CT molecular complexity index is 392. The first-order valence-corrected chi connectivity index (χ1v) is 10.0. The smallest absolute Gasteiger partial charge is 0.410 e. The van der Waals surface area contributed by atoms with Crippen molar-refractivity contribution in [3.63, 3.8) is 0 Å². The van der Waals surface area contributed by atoms with Crippen LogP contribution in [0.1, 0.15) is 59.3 Å². The van der Waals surface area contributed by atoms with Crippen LogP contribution in [0.3, 0.4) is 0 Å². The number of carbonyl (C=O) groups excluding carboxylic acids is 1. The number of hydrogen-bond donors (Lipinski definition) is 0. The van der Waals surface area contributed by atoms with Crippen LogP contribution in [0.4, 0.5) is 4.79 Å². The number of cyclic esters (lactones) is 1. The van der Waals surface area contributed by atoms with Gasteiger partial charge in [0.1, 0.15) is 18.8 Å². The van der Waals surface area contributed by atoms with Crippen molar-refractivity contribution in [3.05, 3.63) is 0 Å². The SMILES string of the molecule is CCCCOCC1[C@@H](OCCCC)[C@H](OCCCC)[C@H]2COC(=O)N12. The lowest BCUT2D eigenvalue weighted by atomic mass is 10.1. The summed E-state index contributed by atoms with van der Waals surface area (Å²) in [7, 11) is 0. The Morgan fingerprint density at radius 2 is 1.56 bits per heavy atom. The van der Waals surface area contributed by atoms with Crippen LogP contribution < -0.4 is 0 Å². The second-order valence-electron chi connectivity index (χ2n) is 6.93. The molecular formula is C19H35NO5. The van der Waals surface area contributed by atoms with Crippen LogP contribution in [0, 0.1) is 0 Å². The molecule has 0 N–H and O–H groups in total. The van der Waals surface area contributed by atoms with Crippen molar-refractivity contribution in [1.29, 1.82) is 0 Å². The summed E-state index contributed by atoms with van der Waals surface area (Å²) in [5, 5.41) is 0. The van der Waals surface area contributed by atoms with E-state index < -0.39 is 0 Å². The highest BCUT2D eigenvalue weighted by Gasteiger charge is 2.56. The van der Waals surface area contributed by atoms with Gasteiger partial charge in [-0.1, -0.05) is 40.0 Å². The molecule has 2 saturated heterocycles. The lowest BCUT2D eigenvalue weighted by molar-refractivity contribution is -0.0796. The predicted octanol–water partition coefficient (Wildman–Crippen LogP) is 3.38. The highest BCUT2D eigenvalue weighted by molar-refractivity contribution is 5.71. The van der Waals surface area contributed by atoms with Gasteiger partial charge in [-0.05, 0) is 19.3 Å². The number of carbonyl (C=O) groups is 1. The summed E-state index contributed by atoms with van der Waals surface area (Å²) in [6, 6.07) is -0.184. The number of fused-ring (bicyclic) bond motifs is 1. The third-order valence-electron chi connectivity index (χ3n) is 4.93. The minimum Gasteiger partial charge on any atom is -0.447 e. The van der Waals surface area contributed by atoms with E-state index in [0.717, 1.165) is 38.5 Å². The van der Waals surface area contributed by atoms with Crippen molar-refractivity contribution in [3.8, 4) is 0 Å². The Morgan fingerprint density at radius 3 is 2.20 bits per heavy atom. The summed E-state index contributed by atoms with van der Waals surface area (Å²) in [6.45, 7) is 9.39. The Balaban J connectivity index is 2.05. The zero-order valence-corrected chi connectivity index (χ0v) is 16.1. The molecule has 0 aromatic heterocycles. The minimum atomic E-state index is -0.264. The Labute approximate surface area is 152 Å². The van der Waals surface area contributed by atoms with Gasteiger partial charge < -0.3 is 18.9 Å². The van der Waals surface area contributed by atoms with Gasteiger partial charge in [-0.15, -0.1) is 0 Å². The number of ether oxygens (including phenoxy) is 4. The van der Waals surface area contributed by atoms with Gasteiger partial charge in [0.15, 0.2) is 0 Å². The van der Waals surface area contributed by atoms with Gasteiger partial charge in [-0.2, -0.15) is 0 Å². The standard InChI is InChI=1S/C19H35NO5/c1-4-7-10-22-13-15-17(23-11-8-5-2)18(24-12-9-6-3)16-14-25-19(21)20(15)16/h15-18H,4-14H2,1-3H3/t15?,16-,17-,18-/m1/s1. The largest absolute Gasteiger partial charge is 0.447 e. The van der Waals surface area contributed by atoms with E-state index in [4.69, 9.17) is 18.9 Å². The van der Waals surface area contributed by atoms with Gasteiger partial charge in [-0.25, -0.2) is 4.79 Å². The van der Waals surface area contributed by atoms with E-state index in [1.54, 1.807) is 4.90 Å². The van der Waals surface area contributed by atoms with Crippen molar-refractivity contribution in [2.45, 2.75) is 83.6 Å². The summed E-state index contributed by atoms with van der Waals surface area (Å²) >= 11 is 0. The second-order valence-corrected chi connectivity index (χ2v) is 6.93. The van der Waals surface area contributed by atoms with Crippen molar-refractivity contribution in [2.24, 2.45) is 0 Å². The molecule has 1 amide bonds. The molecule has 2 rings (SSSR count). The number of unbranched alkanes of at least 4 members (excludes halogenated alkanes) is 3. The predicted molar refractivity (Wildman–Crippen MR) is 95.8 cm³/mol. The van der Waals surface area contributed by atoms with Crippen LogP contribution in [0.25, 0.3) is 0 Å². The second kappa shape index (κ2) is 11.0. The normalized spacial score (nSPS) is 28.4. The number of amides is 1. The molecule has 0 aromatic carbocycles. The molecule has 0 bridgehead atoms. The van der Waals surface area contributed by atoms with E-state index in [1.165, 1.54) is 0 Å². The maximum atomic E-state index is 12.2. The molecule has 0 aliphatic carbocycles. The van der Waals surface area contributed by atoms with Crippen molar-refractivity contribution < 1.29 is 23.7 Å². The molecular weight excluding hydrogens is 322 g/mol. The van der Waals surface area contributed by atoms with E-state index >= 15 is 0 Å². The molecule has 25 heavy (non-hydrogen) atoms. The summed E-state index contributed by atoms with van der Waals surface area (Å²) in [5.41, 5.74) is 0. The van der Waals surface area contributed by atoms with Crippen molar-refractivity contribution >= 4 is 6.09 Å². The van der Waals surface area contributed by atoms with E-state index in [2.05, 4.69) is 20.8 Å². The number of nitrogens with zero attached hydrogens (tertiary/aromatic N) is 1. The zero-order chi connectivity index (χ0) is 18.1. The quantitative estimate of drug-likeness (QED) is 0.473. The lowest BCUT2D eigenvalue weighted by Crippen LogP contribution is -2.43. The van der Waals surface area contributed by atoms with Crippen molar-refractivity contribution in [1.82, 2.24) is 4.90 Å². The maximum Gasteiger partial charge on any atom is 0.410 e. The van der Waals surface area contributed by atoms with Gasteiger partial charge in [0.05, 0.1) is 18.7 Å². The summed E-state index contributed by atoms with van der Waals surface area (Å²) in [6.07, 6.45) is 5.78. The van der Waals surface area contributed by atoms with Crippen LogP contribution in [-0.2, 0) is 18.9 Å². The van der Waals surface area contributed by atoms with Gasteiger partial charge >= 0.3 is 6.09 Å². The summed E-state index contributed by atoms with van der Waals surface area (Å²) in [5.74, 6) is 0. The van der Waals surface area contributed by atoms with E-state index in [1.807, 2.05) is 0 Å². The van der Waals surface area contributed by atoms with Crippen LogP contribution >= 0.6 is 0 Å². The van der Waals surface area contributed by atoms with E-state index in [-0.39, 0.29) is 30.4 Å². The fraction of sp³-hybridized carbons (Fsp3) is 0.947. The molecule has 0 radical (unpaired) electrons. The van der Waals surface area contributed by atoms with Gasteiger partial charge in [-0.3, -0.25) is 4.90 Å². The highest BCUT2D eigenvalue weighted by Crippen LogP contribution is 2.35. The average molecular weight is 357 g/mol. The van der Waals surface area contributed by atoms with E-state index in [0.29, 0.717) is 33.0 Å². The van der Waals surface area contributed by atoms with Crippen LogP contribution in [0.5, 0.6) is 0 Å². The molecule has 2 aliphatic heterocycles. The summed E-state index contributed by atoms with van der Waals surface area (Å²) < 4.78 is 23.5. The fourth-order valence-corrected chi connectivity index (χ4v) is 3.44. The first-order chi connectivity index (χ1) is 12.2. The summed E-state index contributed by atoms with van der Waals surface area (Å²) in [4.78, 5) is 14.0. The molecule has 146 valence electrons. The lowest BCUT2D eigenvalue weighted by Gasteiger charge is -2.27. The molecule has 2 fully saturated rings. The maximum absolute atomic E-state index is 12.2. The number of rotatable bonds is 13. The van der Waals surface area contributed by atoms with Crippen LogP contribution in [0.2, 0.25) is 0 Å². The molecule has 0 saturated carbocycles. The third kappa shape index (κ3) is 5.31. The Kier molecular flexibility index (Phi) is 8.99. The molecule has 4 atom stereocenters. The minimum absolute atomic E-state index is 0.0595. The van der Waals surface area contributed by atoms with Gasteiger partial charge in [0.25, 0.3) is 0 Å². The molecule has 0 aromatic rings. The first-order valence-electron chi connectivity index (χ1n) is 10.0. The molecule has 6 heteroatoms. The highest BCUT2D eigenvalue weighted by atomic mass is 16.6.